The molecule has 0 unspecified atom stereocenters. The van der Waals surface area contributed by atoms with Gasteiger partial charge >= 0.3 is 0 Å². The van der Waals surface area contributed by atoms with Crippen LogP contribution in [-0.4, -0.2) is 40.3 Å². The van der Waals surface area contributed by atoms with E-state index in [1.807, 2.05) is 0 Å². The highest BCUT2D eigenvalue weighted by atomic mass is 35.5. The topological polar surface area (TPSA) is 82.8 Å². The van der Waals surface area contributed by atoms with E-state index in [4.69, 9.17) is 19.9 Å². The molecule has 0 spiro atoms. The zero-order valence-corrected chi connectivity index (χ0v) is 12.0. The second kappa shape index (κ2) is 8.44. The Hall–Kier alpha value is -1.66. The van der Waals surface area contributed by atoms with Crippen LogP contribution in [0.3, 0.4) is 0 Å². The Labute approximate surface area is 118 Å². The van der Waals surface area contributed by atoms with E-state index in [-0.39, 0.29) is 18.3 Å². The molecule has 0 fully saturated rings. The molecule has 0 aliphatic rings. The van der Waals surface area contributed by atoms with Gasteiger partial charge in [-0.3, -0.25) is 4.79 Å². The van der Waals surface area contributed by atoms with Gasteiger partial charge < -0.3 is 25.3 Å². The summed E-state index contributed by atoms with van der Waals surface area (Å²) in [5.41, 5.74) is 5.76. The minimum Gasteiger partial charge on any atom is -0.493 e. The quantitative estimate of drug-likeness (QED) is 0.810. The summed E-state index contributed by atoms with van der Waals surface area (Å²) in [6.07, 6.45) is 0. The molecule has 108 valence electrons. The Kier molecular flexibility index (Phi) is 7.71. The number of ether oxygens (including phenoxy) is 3. The number of carbonyl (C=O) groups excluding carboxylic acids is 1. The van der Waals surface area contributed by atoms with Crippen molar-refractivity contribution in [1.82, 2.24) is 5.32 Å². The normalized spacial score (nSPS) is 9.26. The van der Waals surface area contributed by atoms with E-state index in [9.17, 15) is 4.79 Å². The Morgan fingerprint density at radius 1 is 1.16 bits per heavy atom. The van der Waals surface area contributed by atoms with Crippen molar-refractivity contribution in [1.29, 1.82) is 0 Å². The monoisotopic (exact) mass is 290 g/mol. The lowest BCUT2D eigenvalue weighted by atomic mass is 10.1. The van der Waals surface area contributed by atoms with Crippen LogP contribution < -0.4 is 25.3 Å². The summed E-state index contributed by atoms with van der Waals surface area (Å²) in [4.78, 5) is 11.8. The first-order valence-corrected chi connectivity index (χ1v) is 5.46. The molecule has 0 saturated carbocycles. The van der Waals surface area contributed by atoms with Crippen LogP contribution in [0.5, 0.6) is 17.2 Å². The predicted molar refractivity (Wildman–Crippen MR) is 74.7 cm³/mol. The molecule has 0 aliphatic heterocycles. The minimum absolute atomic E-state index is 0. The minimum atomic E-state index is -0.236. The Morgan fingerprint density at radius 2 is 1.68 bits per heavy atom. The van der Waals surface area contributed by atoms with Crippen molar-refractivity contribution < 1.29 is 19.0 Å². The number of methoxy groups -OCH3 is 3. The molecule has 0 bridgehead atoms. The van der Waals surface area contributed by atoms with E-state index in [1.165, 1.54) is 21.3 Å². The number of benzene rings is 1. The summed E-state index contributed by atoms with van der Waals surface area (Å²) in [6.45, 7) is 0.797. The van der Waals surface area contributed by atoms with E-state index in [2.05, 4.69) is 5.32 Å². The summed E-state index contributed by atoms with van der Waals surface area (Å²) < 4.78 is 15.5. The van der Waals surface area contributed by atoms with Crippen LogP contribution in [-0.2, 0) is 0 Å². The zero-order chi connectivity index (χ0) is 13.5. The van der Waals surface area contributed by atoms with E-state index >= 15 is 0 Å². The standard InChI is InChI=1S/C12H18N2O4.ClH/c1-16-9-6-8(12(15)14-5-4-13)7-10(17-2)11(9)18-3;/h6-7H,4-5,13H2,1-3H3,(H,14,15);1H. The van der Waals surface area contributed by atoms with Crippen molar-refractivity contribution >= 4 is 18.3 Å². The highest BCUT2D eigenvalue weighted by Gasteiger charge is 2.16. The summed E-state index contributed by atoms with van der Waals surface area (Å²) in [6, 6.07) is 3.18. The molecule has 7 heteroatoms. The summed E-state index contributed by atoms with van der Waals surface area (Å²) in [5.74, 6) is 1.10. The highest BCUT2D eigenvalue weighted by Crippen LogP contribution is 2.38. The van der Waals surface area contributed by atoms with Crippen molar-refractivity contribution in [2.45, 2.75) is 0 Å². The first-order valence-electron chi connectivity index (χ1n) is 5.46. The first kappa shape index (κ1) is 17.3. The van der Waals surface area contributed by atoms with Gasteiger partial charge in [0.05, 0.1) is 21.3 Å². The predicted octanol–water partition coefficient (Wildman–Crippen LogP) is 0.823. The maximum atomic E-state index is 11.8. The molecule has 0 radical (unpaired) electrons. The Balaban J connectivity index is 0.00000324. The maximum absolute atomic E-state index is 11.8. The number of hydrogen-bond acceptors (Lipinski definition) is 5. The zero-order valence-electron chi connectivity index (χ0n) is 11.2. The van der Waals surface area contributed by atoms with E-state index in [0.717, 1.165) is 0 Å². The molecule has 6 nitrogen and oxygen atoms in total. The van der Waals surface area contributed by atoms with Crippen LogP contribution in [0.4, 0.5) is 0 Å². The van der Waals surface area contributed by atoms with Crippen molar-refractivity contribution in [2.75, 3.05) is 34.4 Å². The SMILES string of the molecule is COc1cc(C(=O)NCCN)cc(OC)c1OC.Cl. The van der Waals surface area contributed by atoms with Gasteiger partial charge in [-0.25, -0.2) is 0 Å². The van der Waals surface area contributed by atoms with Gasteiger partial charge in [0, 0.05) is 18.7 Å². The molecule has 1 rings (SSSR count). The fraction of sp³-hybridized carbons (Fsp3) is 0.417. The number of nitrogens with one attached hydrogen (secondary N) is 1. The van der Waals surface area contributed by atoms with Gasteiger partial charge in [0.25, 0.3) is 5.91 Å². The third-order valence-electron chi connectivity index (χ3n) is 2.36. The van der Waals surface area contributed by atoms with Crippen LogP contribution in [0.25, 0.3) is 0 Å². The second-order valence-electron chi connectivity index (χ2n) is 3.46. The summed E-state index contributed by atoms with van der Waals surface area (Å²) >= 11 is 0. The van der Waals surface area contributed by atoms with Gasteiger partial charge in [0.2, 0.25) is 5.75 Å². The molecule has 1 aromatic carbocycles. The van der Waals surface area contributed by atoms with Crippen LogP contribution in [0.15, 0.2) is 12.1 Å². The second-order valence-corrected chi connectivity index (χ2v) is 3.46. The number of carbonyl (C=O) groups is 1. The van der Waals surface area contributed by atoms with Crippen molar-refractivity contribution in [3.63, 3.8) is 0 Å². The van der Waals surface area contributed by atoms with Gasteiger partial charge in [-0.15, -0.1) is 12.4 Å². The van der Waals surface area contributed by atoms with Crippen molar-refractivity contribution in [3.8, 4) is 17.2 Å². The molecule has 1 amide bonds. The maximum Gasteiger partial charge on any atom is 0.251 e. The van der Waals surface area contributed by atoms with Crippen LogP contribution in [0.1, 0.15) is 10.4 Å². The van der Waals surface area contributed by atoms with Gasteiger partial charge in [0.15, 0.2) is 11.5 Å². The van der Waals surface area contributed by atoms with Crippen molar-refractivity contribution in [2.24, 2.45) is 5.73 Å². The van der Waals surface area contributed by atoms with Crippen molar-refractivity contribution in [3.05, 3.63) is 17.7 Å². The highest BCUT2D eigenvalue weighted by molar-refractivity contribution is 5.95. The molecule has 1 aromatic rings. The number of hydrogen-bond donors (Lipinski definition) is 2. The fourth-order valence-electron chi connectivity index (χ4n) is 1.50. The smallest absolute Gasteiger partial charge is 0.251 e. The average Bonchev–Trinajstić information content (AvgIpc) is 2.42. The lowest BCUT2D eigenvalue weighted by molar-refractivity contribution is 0.0954. The largest absolute Gasteiger partial charge is 0.493 e. The molecule has 0 heterocycles. The van der Waals surface area contributed by atoms with Crippen LogP contribution in [0.2, 0.25) is 0 Å². The summed E-state index contributed by atoms with van der Waals surface area (Å²) in [7, 11) is 4.51. The van der Waals surface area contributed by atoms with E-state index in [0.29, 0.717) is 35.9 Å². The molecule has 3 N–H and O–H groups in total. The number of amides is 1. The van der Waals surface area contributed by atoms with Gasteiger partial charge in [-0.2, -0.15) is 0 Å². The lowest BCUT2D eigenvalue weighted by Crippen LogP contribution is -2.29. The molecule has 0 aromatic heterocycles. The summed E-state index contributed by atoms with van der Waals surface area (Å²) in [5, 5.41) is 2.67. The van der Waals surface area contributed by atoms with E-state index in [1.54, 1.807) is 12.1 Å². The number of nitrogens with two attached hydrogens (primary N) is 1. The molecule has 0 saturated heterocycles. The van der Waals surface area contributed by atoms with E-state index < -0.39 is 0 Å². The van der Waals surface area contributed by atoms with Gasteiger partial charge in [-0.05, 0) is 12.1 Å². The number of halogens is 1. The lowest BCUT2D eigenvalue weighted by Gasteiger charge is -2.13. The molecule has 0 aliphatic carbocycles. The fourth-order valence-corrected chi connectivity index (χ4v) is 1.50. The first-order chi connectivity index (χ1) is 8.67. The molecule has 0 atom stereocenters. The van der Waals surface area contributed by atoms with Gasteiger partial charge in [-0.1, -0.05) is 0 Å². The molecular formula is C12H19ClN2O4. The number of rotatable bonds is 6. The Bertz CT molecular complexity index is 401. The van der Waals surface area contributed by atoms with Crippen LogP contribution >= 0.6 is 12.4 Å². The van der Waals surface area contributed by atoms with Crippen LogP contribution in [0, 0.1) is 0 Å². The Morgan fingerprint density at radius 3 is 2.05 bits per heavy atom. The third-order valence-corrected chi connectivity index (χ3v) is 2.36. The third kappa shape index (κ3) is 4.18. The molecular weight excluding hydrogens is 272 g/mol. The average molecular weight is 291 g/mol. The van der Waals surface area contributed by atoms with Gasteiger partial charge in [0.1, 0.15) is 0 Å². The molecule has 19 heavy (non-hydrogen) atoms.